The molecule has 0 unspecified atom stereocenters. The van der Waals surface area contributed by atoms with Crippen LogP contribution in [0.3, 0.4) is 0 Å². The number of phenols is 2. The van der Waals surface area contributed by atoms with Gasteiger partial charge >= 0.3 is 0 Å². The first-order chi connectivity index (χ1) is 11.5. The number of carbonyl (C=O) groups is 1. The van der Waals surface area contributed by atoms with E-state index in [-0.39, 0.29) is 29.5 Å². The highest BCUT2D eigenvalue weighted by Crippen LogP contribution is 2.44. The molecule has 1 aliphatic heterocycles. The van der Waals surface area contributed by atoms with Crippen LogP contribution < -0.4 is 14.2 Å². The molecular formula is C18H18O6. The van der Waals surface area contributed by atoms with Crippen LogP contribution in [-0.2, 0) is 0 Å². The van der Waals surface area contributed by atoms with E-state index in [1.54, 1.807) is 19.1 Å². The van der Waals surface area contributed by atoms with E-state index >= 15 is 0 Å². The van der Waals surface area contributed by atoms with E-state index < -0.39 is 5.92 Å². The third-order valence-electron chi connectivity index (χ3n) is 4.25. The lowest BCUT2D eigenvalue weighted by Gasteiger charge is -2.27. The van der Waals surface area contributed by atoms with Crippen LogP contribution in [0.15, 0.2) is 24.3 Å². The molecule has 0 aromatic heterocycles. The number of ketones is 1. The van der Waals surface area contributed by atoms with Gasteiger partial charge in [-0.05, 0) is 13.0 Å². The quantitative estimate of drug-likeness (QED) is 0.900. The fourth-order valence-corrected chi connectivity index (χ4v) is 2.93. The Morgan fingerprint density at radius 1 is 1.12 bits per heavy atom. The summed E-state index contributed by atoms with van der Waals surface area (Å²) < 4.78 is 16.1. The molecule has 0 aliphatic carbocycles. The smallest absolute Gasteiger partial charge is 0.181 e. The van der Waals surface area contributed by atoms with Crippen molar-refractivity contribution in [2.24, 2.45) is 0 Å². The minimum absolute atomic E-state index is 0.0450. The van der Waals surface area contributed by atoms with Crippen LogP contribution in [0.25, 0.3) is 0 Å². The molecule has 2 N–H and O–H groups in total. The Bertz CT molecular complexity index is 812. The monoisotopic (exact) mass is 330 g/mol. The number of aromatic hydroxyl groups is 2. The number of Topliss-reactive ketones (excluding diaryl/α,β-unsaturated/α-hetero) is 1. The van der Waals surface area contributed by atoms with E-state index in [1.165, 1.54) is 26.4 Å². The summed E-state index contributed by atoms with van der Waals surface area (Å²) in [5, 5.41) is 20.0. The average molecular weight is 330 g/mol. The van der Waals surface area contributed by atoms with Gasteiger partial charge in [-0.2, -0.15) is 0 Å². The van der Waals surface area contributed by atoms with Gasteiger partial charge in [0.15, 0.2) is 5.78 Å². The highest BCUT2D eigenvalue weighted by molar-refractivity contribution is 6.07. The summed E-state index contributed by atoms with van der Waals surface area (Å²) in [6.07, 6.45) is 0. The van der Waals surface area contributed by atoms with Crippen LogP contribution in [0.5, 0.6) is 28.7 Å². The van der Waals surface area contributed by atoms with Crippen LogP contribution in [-0.4, -0.2) is 36.8 Å². The van der Waals surface area contributed by atoms with Gasteiger partial charge in [-0.1, -0.05) is 6.07 Å². The lowest BCUT2D eigenvalue weighted by Crippen LogP contribution is -2.26. The van der Waals surface area contributed by atoms with Gasteiger partial charge in [-0.25, -0.2) is 0 Å². The summed E-state index contributed by atoms with van der Waals surface area (Å²) in [6, 6.07) is 6.15. The molecule has 0 fully saturated rings. The highest BCUT2D eigenvalue weighted by Gasteiger charge is 2.35. The molecule has 6 nitrogen and oxygen atoms in total. The average Bonchev–Trinajstić information content (AvgIpc) is 2.58. The number of hydrogen-bond acceptors (Lipinski definition) is 6. The van der Waals surface area contributed by atoms with Gasteiger partial charge in [-0.3, -0.25) is 4.79 Å². The fraction of sp³-hybridized carbons (Fsp3) is 0.278. The summed E-state index contributed by atoms with van der Waals surface area (Å²) in [5.41, 5.74) is 1.21. The van der Waals surface area contributed by atoms with Gasteiger partial charge in [0.2, 0.25) is 0 Å². The molecule has 0 amide bonds. The van der Waals surface area contributed by atoms with E-state index in [2.05, 4.69) is 0 Å². The first-order valence-electron chi connectivity index (χ1n) is 7.42. The first-order valence-corrected chi connectivity index (χ1v) is 7.42. The standard InChI is InChI=1S/C18H18O6/c1-9-13(22-2)7-15-16(17(9)20)18(21)12(8-24-15)11-5-4-10(19)6-14(11)23-3/h4-7,12,19-20H,8H2,1-3H3/t12-/m1/s1. The van der Waals surface area contributed by atoms with E-state index in [0.29, 0.717) is 28.4 Å². The normalized spacial score (nSPS) is 16.3. The Labute approximate surface area is 139 Å². The Morgan fingerprint density at radius 2 is 1.83 bits per heavy atom. The van der Waals surface area contributed by atoms with Crippen molar-refractivity contribution in [2.45, 2.75) is 12.8 Å². The van der Waals surface area contributed by atoms with Crippen molar-refractivity contribution in [3.8, 4) is 28.7 Å². The fourth-order valence-electron chi connectivity index (χ4n) is 2.93. The Kier molecular flexibility index (Phi) is 3.97. The van der Waals surface area contributed by atoms with Crippen LogP contribution in [0, 0.1) is 6.92 Å². The van der Waals surface area contributed by atoms with Crippen LogP contribution in [0.4, 0.5) is 0 Å². The minimum Gasteiger partial charge on any atom is -0.508 e. The molecule has 24 heavy (non-hydrogen) atoms. The summed E-state index contributed by atoms with van der Waals surface area (Å²) in [6.45, 7) is 1.78. The molecule has 0 bridgehead atoms. The number of phenolic OH excluding ortho intramolecular Hbond substituents is 2. The molecule has 3 rings (SSSR count). The van der Waals surface area contributed by atoms with Crippen molar-refractivity contribution in [2.75, 3.05) is 20.8 Å². The number of rotatable bonds is 3. The third-order valence-corrected chi connectivity index (χ3v) is 4.25. The predicted octanol–water partition coefficient (Wildman–Crippen LogP) is 2.78. The van der Waals surface area contributed by atoms with Crippen molar-refractivity contribution >= 4 is 5.78 Å². The zero-order valence-electron chi connectivity index (χ0n) is 13.6. The van der Waals surface area contributed by atoms with Crippen molar-refractivity contribution in [3.05, 3.63) is 41.0 Å². The molecule has 2 aromatic carbocycles. The number of benzene rings is 2. The summed E-state index contributed by atoms with van der Waals surface area (Å²) in [5.74, 6) is 0.162. The Balaban J connectivity index is 2.09. The van der Waals surface area contributed by atoms with E-state index in [1.807, 2.05) is 0 Å². The molecule has 0 spiro atoms. The zero-order chi connectivity index (χ0) is 17.4. The van der Waals surface area contributed by atoms with Gasteiger partial charge in [0.05, 0.1) is 20.1 Å². The van der Waals surface area contributed by atoms with E-state index in [4.69, 9.17) is 14.2 Å². The number of carbonyl (C=O) groups excluding carboxylic acids is 1. The number of hydrogen-bond donors (Lipinski definition) is 2. The molecule has 6 heteroatoms. The van der Waals surface area contributed by atoms with Crippen LogP contribution in [0.2, 0.25) is 0 Å². The van der Waals surface area contributed by atoms with Crippen molar-refractivity contribution in [1.29, 1.82) is 0 Å². The molecule has 0 radical (unpaired) electrons. The van der Waals surface area contributed by atoms with E-state index in [9.17, 15) is 15.0 Å². The maximum absolute atomic E-state index is 12.9. The molecular weight excluding hydrogens is 312 g/mol. The van der Waals surface area contributed by atoms with Crippen molar-refractivity contribution < 1.29 is 29.2 Å². The second kappa shape index (κ2) is 5.96. The molecule has 1 atom stereocenters. The lowest BCUT2D eigenvalue weighted by molar-refractivity contribution is 0.0889. The largest absolute Gasteiger partial charge is 0.508 e. The number of fused-ring (bicyclic) bond motifs is 1. The zero-order valence-corrected chi connectivity index (χ0v) is 13.6. The van der Waals surface area contributed by atoms with E-state index in [0.717, 1.165) is 0 Å². The number of methoxy groups -OCH3 is 2. The topological polar surface area (TPSA) is 85.2 Å². The van der Waals surface area contributed by atoms with Gasteiger partial charge in [0, 0.05) is 23.3 Å². The Morgan fingerprint density at radius 3 is 2.50 bits per heavy atom. The van der Waals surface area contributed by atoms with Gasteiger partial charge in [-0.15, -0.1) is 0 Å². The summed E-state index contributed by atoms with van der Waals surface area (Å²) >= 11 is 0. The van der Waals surface area contributed by atoms with Crippen LogP contribution in [0.1, 0.15) is 27.4 Å². The molecule has 126 valence electrons. The van der Waals surface area contributed by atoms with Crippen molar-refractivity contribution in [3.63, 3.8) is 0 Å². The van der Waals surface area contributed by atoms with Gasteiger partial charge < -0.3 is 24.4 Å². The molecule has 1 heterocycles. The minimum atomic E-state index is -0.633. The first kappa shape index (κ1) is 16.0. The predicted molar refractivity (Wildman–Crippen MR) is 86.6 cm³/mol. The van der Waals surface area contributed by atoms with Crippen LogP contribution >= 0.6 is 0 Å². The maximum Gasteiger partial charge on any atom is 0.181 e. The highest BCUT2D eigenvalue weighted by atomic mass is 16.5. The van der Waals surface area contributed by atoms with Crippen molar-refractivity contribution in [1.82, 2.24) is 0 Å². The molecule has 0 saturated carbocycles. The van der Waals surface area contributed by atoms with Gasteiger partial charge in [0.25, 0.3) is 0 Å². The molecule has 1 aliphatic rings. The lowest BCUT2D eigenvalue weighted by atomic mass is 9.87. The second-order valence-electron chi connectivity index (χ2n) is 5.58. The molecule has 2 aromatic rings. The number of ether oxygens (including phenoxy) is 3. The Hall–Kier alpha value is -2.89. The summed E-state index contributed by atoms with van der Waals surface area (Å²) in [7, 11) is 2.95. The molecule has 0 saturated heterocycles. The van der Waals surface area contributed by atoms with Gasteiger partial charge in [0.1, 0.15) is 40.9 Å². The second-order valence-corrected chi connectivity index (χ2v) is 5.58. The SMILES string of the molecule is COc1cc(O)ccc1[C@H]1COc2cc(OC)c(C)c(O)c2C1=O. The third kappa shape index (κ3) is 2.40. The summed E-state index contributed by atoms with van der Waals surface area (Å²) in [4.78, 5) is 12.9. The maximum atomic E-state index is 12.9.